The lowest BCUT2D eigenvalue weighted by atomic mass is 9.92. The molecule has 0 saturated heterocycles. The van der Waals surface area contributed by atoms with Crippen molar-refractivity contribution in [2.24, 2.45) is 0 Å². The van der Waals surface area contributed by atoms with Crippen LogP contribution in [-0.4, -0.2) is 28.3 Å². The molecule has 1 N–H and O–H groups in total. The van der Waals surface area contributed by atoms with Gasteiger partial charge in [-0.05, 0) is 75.0 Å². The fourth-order valence-electron chi connectivity index (χ4n) is 3.35. The van der Waals surface area contributed by atoms with Crippen LogP contribution < -0.4 is 10.1 Å². The van der Waals surface area contributed by atoms with E-state index in [-0.39, 0.29) is 17.4 Å². The largest absolute Gasteiger partial charge is 0.423 e. The van der Waals surface area contributed by atoms with Crippen molar-refractivity contribution in [1.29, 1.82) is 0 Å². The summed E-state index contributed by atoms with van der Waals surface area (Å²) in [5.41, 5.74) is 2.57. The minimum Gasteiger partial charge on any atom is -0.423 e. The quantitative estimate of drug-likeness (QED) is 0.452. The predicted molar refractivity (Wildman–Crippen MR) is 112 cm³/mol. The molecular weight excluding hydrogens is 391 g/mol. The molecule has 0 spiro atoms. The average molecular weight is 412 g/mol. The van der Waals surface area contributed by atoms with Crippen LogP contribution in [0.4, 0.5) is 4.39 Å². The van der Waals surface area contributed by atoms with Crippen molar-refractivity contribution in [3.8, 4) is 5.75 Å². The Hall–Kier alpha value is -3.06. The third-order valence-electron chi connectivity index (χ3n) is 4.80. The van der Waals surface area contributed by atoms with Gasteiger partial charge in [-0.3, -0.25) is 4.79 Å². The molecule has 1 atom stereocenters. The monoisotopic (exact) mass is 412 g/mol. The number of allylic oxidation sites excluding steroid dienone is 1. The fourth-order valence-corrected chi connectivity index (χ4v) is 3.73. The second-order valence-electron chi connectivity index (χ2n) is 6.65. The SMILES string of the molecule is CCN1C(=S)NC(c2ccc(OC(=O)c3ccc(F)cc3)cc2)C(C(C)=O)=C1C. The first-order chi connectivity index (χ1) is 13.8. The molecule has 0 radical (unpaired) electrons. The van der Waals surface area contributed by atoms with E-state index in [9.17, 15) is 14.0 Å². The molecule has 150 valence electrons. The van der Waals surface area contributed by atoms with Crippen LogP contribution in [0.5, 0.6) is 5.75 Å². The summed E-state index contributed by atoms with van der Waals surface area (Å²) < 4.78 is 18.3. The van der Waals surface area contributed by atoms with E-state index >= 15 is 0 Å². The molecule has 0 bridgehead atoms. The highest BCUT2D eigenvalue weighted by atomic mass is 32.1. The summed E-state index contributed by atoms with van der Waals surface area (Å²) in [6.07, 6.45) is 0. The number of esters is 1. The zero-order chi connectivity index (χ0) is 21.1. The van der Waals surface area contributed by atoms with Crippen LogP contribution in [0.3, 0.4) is 0 Å². The Morgan fingerprint density at radius 2 is 1.76 bits per heavy atom. The maximum atomic E-state index is 13.0. The molecule has 1 aliphatic rings. The van der Waals surface area contributed by atoms with Crippen molar-refractivity contribution in [1.82, 2.24) is 10.2 Å². The molecule has 1 heterocycles. The molecule has 1 aliphatic heterocycles. The van der Waals surface area contributed by atoms with E-state index in [1.165, 1.54) is 31.2 Å². The van der Waals surface area contributed by atoms with E-state index in [0.29, 0.717) is 23.0 Å². The first-order valence-corrected chi connectivity index (χ1v) is 9.60. The number of nitrogens with one attached hydrogen (secondary N) is 1. The highest BCUT2D eigenvalue weighted by molar-refractivity contribution is 7.80. The van der Waals surface area contributed by atoms with E-state index < -0.39 is 11.8 Å². The van der Waals surface area contributed by atoms with Crippen LogP contribution >= 0.6 is 12.2 Å². The Morgan fingerprint density at radius 1 is 1.14 bits per heavy atom. The van der Waals surface area contributed by atoms with Crippen molar-refractivity contribution in [2.45, 2.75) is 26.8 Å². The number of hydrogen-bond donors (Lipinski definition) is 1. The van der Waals surface area contributed by atoms with Gasteiger partial charge >= 0.3 is 5.97 Å². The van der Waals surface area contributed by atoms with Crippen LogP contribution in [0.1, 0.15) is 42.7 Å². The lowest BCUT2D eigenvalue weighted by Crippen LogP contribution is -2.47. The molecule has 3 rings (SSSR count). The predicted octanol–water partition coefficient (Wildman–Crippen LogP) is 4.16. The molecule has 2 aromatic rings. The van der Waals surface area contributed by atoms with E-state index in [4.69, 9.17) is 17.0 Å². The van der Waals surface area contributed by atoms with E-state index in [0.717, 1.165) is 11.3 Å². The maximum absolute atomic E-state index is 13.0. The van der Waals surface area contributed by atoms with E-state index in [1.54, 1.807) is 24.3 Å². The van der Waals surface area contributed by atoms with Crippen molar-refractivity contribution in [2.75, 3.05) is 6.54 Å². The number of nitrogens with zero attached hydrogens (tertiary/aromatic N) is 1. The second kappa shape index (κ2) is 8.53. The molecule has 2 aromatic carbocycles. The molecule has 7 heteroatoms. The molecule has 1 unspecified atom stereocenters. The van der Waals surface area contributed by atoms with Gasteiger partial charge in [0.2, 0.25) is 0 Å². The number of halogens is 1. The number of rotatable bonds is 5. The van der Waals surface area contributed by atoms with E-state index in [2.05, 4.69) is 5.32 Å². The third-order valence-corrected chi connectivity index (χ3v) is 5.13. The Kier molecular flexibility index (Phi) is 6.08. The van der Waals surface area contributed by atoms with Crippen LogP contribution in [0.2, 0.25) is 0 Å². The van der Waals surface area contributed by atoms with Crippen molar-refractivity contribution < 1.29 is 18.7 Å². The first kappa shape index (κ1) is 20.7. The number of ketones is 1. The van der Waals surface area contributed by atoms with Gasteiger partial charge in [-0.1, -0.05) is 12.1 Å². The molecule has 5 nitrogen and oxygen atoms in total. The lowest BCUT2D eigenvalue weighted by Gasteiger charge is -2.37. The van der Waals surface area contributed by atoms with Gasteiger partial charge in [0.05, 0.1) is 11.6 Å². The molecule has 0 aromatic heterocycles. The summed E-state index contributed by atoms with van der Waals surface area (Å²) in [6, 6.07) is 11.6. The van der Waals surface area contributed by atoms with Crippen LogP contribution in [0.15, 0.2) is 59.8 Å². The number of thiocarbonyl (C=S) groups is 1. The smallest absolute Gasteiger partial charge is 0.343 e. The molecule has 0 aliphatic carbocycles. The Labute approximate surface area is 174 Å². The summed E-state index contributed by atoms with van der Waals surface area (Å²) in [5.74, 6) is -0.682. The number of benzene rings is 2. The number of Topliss-reactive ketones (excluding diaryl/α,β-unsaturated/α-hetero) is 1. The zero-order valence-corrected chi connectivity index (χ0v) is 17.2. The van der Waals surface area contributed by atoms with Gasteiger partial charge in [0.1, 0.15) is 11.6 Å². The Balaban J connectivity index is 1.83. The minimum absolute atomic E-state index is 0.0345. The molecule has 0 amide bonds. The highest BCUT2D eigenvalue weighted by Gasteiger charge is 2.31. The van der Waals surface area contributed by atoms with Gasteiger partial charge in [0.25, 0.3) is 0 Å². The molecular formula is C22H21FN2O3S. The van der Waals surface area contributed by atoms with Gasteiger partial charge in [0, 0.05) is 17.8 Å². The average Bonchev–Trinajstić information content (AvgIpc) is 2.68. The van der Waals surface area contributed by atoms with Crippen LogP contribution in [0, 0.1) is 5.82 Å². The normalized spacial score (nSPS) is 16.5. The summed E-state index contributed by atoms with van der Waals surface area (Å²) in [6.45, 7) is 6.06. The number of carbonyl (C=O) groups excluding carboxylic acids is 2. The number of ether oxygens (including phenoxy) is 1. The third kappa shape index (κ3) is 4.35. The van der Waals surface area contributed by atoms with Crippen LogP contribution in [-0.2, 0) is 4.79 Å². The van der Waals surface area contributed by atoms with Gasteiger partial charge in [-0.15, -0.1) is 0 Å². The van der Waals surface area contributed by atoms with Gasteiger partial charge in [-0.25, -0.2) is 9.18 Å². The van der Waals surface area contributed by atoms with Gasteiger partial charge in [-0.2, -0.15) is 0 Å². The Morgan fingerprint density at radius 3 is 2.31 bits per heavy atom. The highest BCUT2D eigenvalue weighted by Crippen LogP contribution is 2.31. The van der Waals surface area contributed by atoms with E-state index in [1.807, 2.05) is 18.7 Å². The number of carbonyl (C=O) groups is 2. The van der Waals surface area contributed by atoms with Crippen molar-refractivity contribution in [3.05, 3.63) is 76.7 Å². The number of hydrogen-bond acceptors (Lipinski definition) is 4. The second-order valence-corrected chi connectivity index (χ2v) is 7.03. The minimum atomic E-state index is -0.575. The van der Waals surface area contributed by atoms with Crippen LogP contribution in [0.25, 0.3) is 0 Å². The van der Waals surface area contributed by atoms with Crippen molar-refractivity contribution in [3.63, 3.8) is 0 Å². The maximum Gasteiger partial charge on any atom is 0.343 e. The topological polar surface area (TPSA) is 58.6 Å². The standard InChI is InChI=1S/C22H21FN2O3S/c1-4-25-13(2)19(14(3)26)20(24-22(25)29)15-7-11-18(12-8-15)28-21(27)16-5-9-17(23)10-6-16/h5-12,20H,4H2,1-3H3,(H,24,29). The molecule has 0 saturated carbocycles. The first-order valence-electron chi connectivity index (χ1n) is 9.19. The zero-order valence-electron chi connectivity index (χ0n) is 16.4. The lowest BCUT2D eigenvalue weighted by molar-refractivity contribution is -0.114. The summed E-state index contributed by atoms with van der Waals surface area (Å²) >= 11 is 5.44. The molecule has 0 fully saturated rings. The molecule has 29 heavy (non-hydrogen) atoms. The fraction of sp³-hybridized carbons (Fsp3) is 0.227. The van der Waals surface area contributed by atoms with Gasteiger partial charge in [0.15, 0.2) is 10.9 Å². The van der Waals surface area contributed by atoms with Crippen molar-refractivity contribution >= 4 is 29.1 Å². The van der Waals surface area contributed by atoms with Gasteiger partial charge < -0.3 is 15.0 Å². The summed E-state index contributed by atoms with van der Waals surface area (Å²) in [4.78, 5) is 26.4. The summed E-state index contributed by atoms with van der Waals surface area (Å²) in [5, 5.41) is 3.78. The Bertz CT molecular complexity index is 984. The summed E-state index contributed by atoms with van der Waals surface area (Å²) in [7, 11) is 0.